The molecule has 0 aliphatic heterocycles. The van der Waals surface area contributed by atoms with Crippen LogP contribution in [0.2, 0.25) is 0 Å². The average Bonchev–Trinajstić information content (AvgIpc) is 3.61. The Balaban J connectivity index is 1.15. The summed E-state index contributed by atoms with van der Waals surface area (Å²) < 4.78 is 2.39. The molecule has 0 spiro atoms. The van der Waals surface area contributed by atoms with Crippen molar-refractivity contribution in [1.82, 2.24) is 4.57 Å². The van der Waals surface area contributed by atoms with Crippen molar-refractivity contribution in [2.75, 3.05) is 4.90 Å². The van der Waals surface area contributed by atoms with Crippen molar-refractivity contribution in [3.8, 4) is 27.9 Å². The lowest BCUT2D eigenvalue weighted by Gasteiger charge is -2.30. The normalized spacial score (nSPS) is 13.7. The minimum atomic E-state index is 0.516. The minimum absolute atomic E-state index is 0.516. The summed E-state index contributed by atoms with van der Waals surface area (Å²) in [4.78, 5) is 2.49. The van der Waals surface area contributed by atoms with E-state index in [1.807, 2.05) is 0 Å². The predicted octanol–water partition coefficient (Wildman–Crippen LogP) is 15.1. The van der Waals surface area contributed by atoms with Crippen molar-refractivity contribution in [2.45, 2.75) is 13.3 Å². The van der Waals surface area contributed by atoms with Crippen LogP contribution < -0.4 is 4.90 Å². The van der Waals surface area contributed by atoms with E-state index in [-0.39, 0.29) is 0 Å². The highest BCUT2D eigenvalue weighted by Crippen LogP contribution is 2.46. The van der Waals surface area contributed by atoms with Crippen molar-refractivity contribution in [2.24, 2.45) is 5.92 Å². The molecular weight excluding hydrogens is 689 g/mol. The van der Waals surface area contributed by atoms with E-state index in [9.17, 15) is 0 Å². The predicted molar refractivity (Wildman–Crippen MR) is 243 cm³/mol. The molecule has 11 rings (SSSR count). The number of hydrogen-bond acceptors (Lipinski definition) is 1. The van der Waals surface area contributed by atoms with Crippen LogP contribution in [-0.2, 0) is 6.42 Å². The molecule has 1 heterocycles. The summed E-state index contributed by atoms with van der Waals surface area (Å²) in [6, 6.07) is 71.6. The molecule has 0 bridgehead atoms. The van der Waals surface area contributed by atoms with Gasteiger partial charge in [0.25, 0.3) is 0 Å². The summed E-state index contributed by atoms with van der Waals surface area (Å²) in [5.41, 5.74) is 14.5. The van der Waals surface area contributed by atoms with Crippen LogP contribution in [0.15, 0.2) is 200 Å². The maximum absolute atomic E-state index is 2.49. The van der Waals surface area contributed by atoms with Crippen LogP contribution in [0.4, 0.5) is 17.1 Å². The number of aromatic nitrogens is 1. The van der Waals surface area contributed by atoms with Crippen molar-refractivity contribution >= 4 is 66.5 Å². The summed E-state index contributed by atoms with van der Waals surface area (Å²) in [7, 11) is 0. The molecule has 0 radical (unpaired) electrons. The topological polar surface area (TPSA) is 8.17 Å². The van der Waals surface area contributed by atoms with Gasteiger partial charge in [-0.15, -0.1) is 0 Å². The number of para-hydroxylation sites is 2. The Morgan fingerprint density at radius 1 is 0.474 bits per heavy atom. The molecule has 0 saturated heterocycles. The van der Waals surface area contributed by atoms with Gasteiger partial charge in [-0.25, -0.2) is 0 Å². The largest absolute Gasteiger partial charge is 0.309 e. The maximum atomic E-state index is 2.49. The standard InChI is InChI=1S/C55H40N2/c1-37-21-22-39-24-26-44(35-45(39)33-37)49-32-27-43(42-25-23-38-11-2-3-13-41(38)34-42)36-55(49)57(52-20-10-14-40-12-4-5-15-48(40)52)47-30-28-46(29-31-47)56-53-18-8-6-16-50(53)51-17-7-9-19-54(51)56/h2-32,34-37H,33H2,1H3. The lowest BCUT2D eigenvalue weighted by atomic mass is 9.87. The van der Waals surface area contributed by atoms with Gasteiger partial charge < -0.3 is 9.47 Å². The number of allylic oxidation sites excluding steroid dienone is 1. The Labute approximate surface area is 333 Å². The van der Waals surface area contributed by atoms with Crippen LogP contribution in [-0.4, -0.2) is 4.57 Å². The molecule has 1 aliphatic carbocycles. The first-order chi connectivity index (χ1) is 28.2. The summed E-state index contributed by atoms with van der Waals surface area (Å²) in [5.74, 6) is 0.516. The second kappa shape index (κ2) is 13.5. The fourth-order valence-corrected chi connectivity index (χ4v) is 9.07. The van der Waals surface area contributed by atoms with E-state index in [1.54, 1.807) is 0 Å². The quantitative estimate of drug-likeness (QED) is 0.165. The summed E-state index contributed by atoms with van der Waals surface area (Å²) in [6.07, 6.45) is 5.66. The zero-order valence-electron chi connectivity index (χ0n) is 31.8. The molecule has 0 saturated carbocycles. The third-order valence-corrected chi connectivity index (χ3v) is 11.9. The van der Waals surface area contributed by atoms with Crippen LogP contribution in [0.3, 0.4) is 0 Å². The molecule has 2 nitrogen and oxygen atoms in total. The fraction of sp³-hybridized carbons (Fsp3) is 0.0545. The zero-order valence-corrected chi connectivity index (χ0v) is 31.8. The molecule has 57 heavy (non-hydrogen) atoms. The second-order valence-corrected chi connectivity index (χ2v) is 15.5. The van der Waals surface area contributed by atoms with Gasteiger partial charge in [0.1, 0.15) is 0 Å². The van der Waals surface area contributed by atoms with Gasteiger partial charge in [0.2, 0.25) is 0 Å². The van der Waals surface area contributed by atoms with E-state index >= 15 is 0 Å². The minimum Gasteiger partial charge on any atom is -0.309 e. The van der Waals surface area contributed by atoms with E-state index in [2.05, 4.69) is 223 Å². The first-order valence-electron chi connectivity index (χ1n) is 20.0. The molecule has 1 unspecified atom stereocenters. The number of rotatable bonds is 6. The Morgan fingerprint density at radius 2 is 1.11 bits per heavy atom. The van der Waals surface area contributed by atoms with Gasteiger partial charge in [0.05, 0.1) is 22.4 Å². The van der Waals surface area contributed by atoms with Gasteiger partial charge in [-0.3, -0.25) is 0 Å². The highest BCUT2D eigenvalue weighted by Gasteiger charge is 2.22. The average molecular weight is 729 g/mol. The van der Waals surface area contributed by atoms with Crippen LogP contribution in [0.25, 0.3) is 77.4 Å². The number of fused-ring (bicyclic) bond motifs is 6. The van der Waals surface area contributed by atoms with E-state index in [0.29, 0.717) is 5.92 Å². The molecular formula is C55H40N2. The van der Waals surface area contributed by atoms with Crippen molar-refractivity contribution < 1.29 is 0 Å². The molecule has 1 aromatic heterocycles. The zero-order chi connectivity index (χ0) is 37.9. The lowest BCUT2D eigenvalue weighted by molar-refractivity contribution is 0.717. The van der Waals surface area contributed by atoms with Gasteiger partial charge in [0, 0.05) is 33.1 Å². The summed E-state index contributed by atoms with van der Waals surface area (Å²) in [6.45, 7) is 2.31. The van der Waals surface area contributed by atoms with Crippen LogP contribution in [0.1, 0.15) is 18.1 Å². The molecule has 0 N–H and O–H groups in total. The van der Waals surface area contributed by atoms with Gasteiger partial charge in [-0.05, 0) is 111 Å². The monoisotopic (exact) mass is 728 g/mol. The number of hydrogen-bond donors (Lipinski definition) is 0. The van der Waals surface area contributed by atoms with Crippen molar-refractivity contribution in [3.63, 3.8) is 0 Å². The lowest BCUT2D eigenvalue weighted by Crippen LogP contribution is -2.12. The first-order valence-corrected chi connectivity index (χ1v) is 20.0. The smallest absolute Gasteiger partial charge is 0.0546 e. The van der Waals surface area contributed by atoms with Gasteiger partial charge in [0.15, 0.2) is 0 Å². The Morgan fingerprint density at radius 3 is 1.89 bits per heavy atom. The number of anilines is 3. The summed E-state index contributed by atoms with van der Waals surface area (Å²) >= 11 is 0. The van der Waals surface area contributed by atoms with Gasteiger partial charge in [-0.2, -0.15) is 0 Å². The molecule has 2 heteroatoms. The van der Waals surface area contributed by atoms with Crippen molar-refractivity contribution in [1.29, 1.82) is 0 Å². The molecule has 1 atom stereocenters. The highest BCUT2D eigenvalue weighted by molar-refractivity contribution is 6.09. The van der Waals surface area contributed by atoms with Crippen LogP contribution in [0.5, 0.6) is 0 Å². The fourth-order valence-electron chi connectivity index (χ4n) is 9.07. The third-order valence-electron chi connectivity index (χ3n) is 11.9. The number of nitrogens with zero attached hydrogens (tertiary/aromatic N) is 2. The molecule has 270 valence electrons. The van der Waals surface area contributed by atoms with E-state index in [4.69, 9.17) is 0 Å². The molecule has 9 aromatic carbocycles. The van der Waals surface area contributed by atoms with Crippen LogP contribution in [0, 0.1) is 5.92 Å². The highest BCUT2D eigenvalue weighted by atomic mass is 15.1. The molecule has 0 amide bonds. The van der Waals surface area contributed by atoms with E-state index < -0.39 is 0 Å². The Hall–Kier alpha value is -7.16. The first kappa shape index (κ1) is 33.2. The third kappa shape index (κ3) is 5.72. The van der Waals surface area contributed by atoms with E-state index in [1.165, 1.54) is 76.7 Å². The molecule has 10 aromatic rings. The van der Waals surface area contributed by atoms with Gasteiger partial charge >= 0.3 is 0 Å². The second-order valence-electron chi connectivity index (χ2n) is 15.5. The maximum Gasteiger partial charge on any atom is 0.0546 e. The van der Waals surface area contributed by atoms with E-state index in [0.717, 1.165) is 29.2 Å². The summed E-state index contributed by atoms with van der Waals surface area (Å²) in [5, 5.41) is 7.43. The van der Waals surface area contributed by atoms with Crippen molar-refractivity contribution in [3.05, 3.63) is 211 Å². The van der Waals surface area contributed by atoms with Crippen LogP contribution >= 0.6 is 0 Å². The SMILES string of the molecule is CC1C=Cc2ccc(-c3ccc(-c4ccc5ccccc5c4)cc3N(c3ccc(-n4c5ccccc5c5ccccc54)cc3)c3cccc4ccccc34)cc2C1. The Kier molecular flexibility index (Phi) is 7.89. The van der Waals surface area contributed by atoms with Gasteiger partial charge in [-0.1, -0.05) is 159 Å². The number of benzene rings is 9. The molecule has 1 aliphatic rings. The molecule has 0 fully saturated rings. The Bertz CT molecular complexity index is 3120.